The Labute approximate surface area is 198 Å². The van der Waals surface area contributed by atoms with Gasteiger partial charge in [0.15, 0.2) is 5.13 Å². The van der Waals surface area contributed by atoms with Crippen molar-refractivity contribution in [3.05, 3.63) is 93.7 Å². The van der Waals surface area contributed by atoms with Gasteiger partial charge in [0, 0.05) is 35.7 Å². The number of aromatic nitrogens is 1. The summed E-state index contributed by atoms with van der Waals surface area (Å²) in [6.07, 6.45) is 1.47. The highest BCUT2D eigenvalue weighted by atomic mass is 32.2. The van der Waals surface area contributed by atoms with Crippen molar-refractivity contribution in [2.24, 2.45) is 0 Å². The molecule has 174 valence electrons. The largest absolute Gasteiger partial charge is 0.468 e. The zero-order valence-corrected chi connectivity index (χ0v) is 19.4. The number of furan rings is 1. The molecule has 2 heterocycles. The number of benzene rings is 2. The molecular weight excluding hydrogens is 480 g/mol. The molecule has 0 atom stereocenters. The summed E-state index contributed by atoms with van der Waals surface area (Å²) in [7, 11) is -2.32. The van der Waals surface area contributed by atoms with Crippen LogP contribution in [0.5, 0.6) is 0 Å². The maximum absolute atomic E-state index is 12.8. The molecule has 1 amide bonds. The Balaban J connectivity index is 1.42. The van der Waals surface area contributed by atoms with Crippen LogP contribution in [-0.4, -0.2) is 35.6 Å². The lowest BCUT2D eigenvalue weighted by molar-refractivity contribution is -0.384. The molecule has 2 aromatic carbocycles. The molecule has 0 aliphatic carbocycles. The van der Waals surface area contributed by atoms with Crippen molar-refractivity contribution < 1.29 is 22.6 Å². The predicted molar refractivity (Wildman–Crippen MR) is 126 cm³/mol. The molecule has 12 heteroatoms. The fraction of sp³-hybridized carbons (Fsp3) is 0.0909. The number of carbonyl (C=O) groups is 1. The average Bonchev–Trinajstić information content (AvgIpc) is 3.51. The lowest BCUT2D eigenvalue weighted by Gasteiger charge is -2.16. The first kappa shape index (κ1) is 23.3. The number of non-ortho nitro benzene ring substituents is 1. The van der Waals surface area contributed by atoms with Gasteiger partial charge in [-0.25, -0.2) is 13.4 Å². The Morgan fingerprint density at radius 1 is 1.15 bits per heavy atom. The second kappa shape index (κ2) is 9.55. The minimum Gasteiger partial charge on any atom is -0.468 e. The number of hydrogen-bond acceptors (Lipinski definition) is 8. The van der Waals surface area contributed by atoms with Crippen molar-refractivity contribution in [2.75, 3.05) is 12.4 Å². The van der Waals surface area contributed by atoms with Gasteiger partial charge in [0.05, 0.1) is 28.3 Å². The molecule has 4 aromatic rings. The summed E-state index contributed by atoms with van der Waals surface area (Å²) < 4.78 is 31.9. The molecule has 0 unspecified atom stereocenters. The van der Waals surface area contributed by atoms with Gasteiger partial charge in [0.25, 0.3) is 11.6 Å². The van der Waals surface area contributed by atoms with E-state index >= 15 is 0 Å². The molecule has 2 aromatic heterocycles. The number of rotatable bonds is 8. The van der Waals surface area contributed by atoms with Crippen LogP contribution >= 0.6 is 11.3 Å². The highest BCUT2D eigenvalue weighted by molar-refractivity contribution is 7.89. The molecule has 0 aliphatic rings. The highest BCUT2D eigenvalue weighted by Gasteiger charge is 2.22. The van der Waals surface area contributed by atoms with Crippen molar-refractivity contribution in [3.63, 3.8) is 0 Å². The van der Waals surface area contributed by atoms with E-state index in [1.807, 2.05) is 0 Å². The number of anilines is 1. The smallest absolute Gasteiger partial charge is 0.269 e. The number of amides is 1. The fourth-order valence-electron chi connectivity index (χ4n) is 3.05. The summed E-state index contributed by atoms with van der Waals surface area (Å²) in [5, 5.41) is 15.5. The third-order valence-corrected chi connectivity index (χ3v) is 7.46. The Kier molecular flexibility index (Phi) is 6.54. The first-order valence-corrected chi connectivity index (χ1v) is 12.2. The second-order valence-corrected chi connectivity index (χ2v) is 10.1. The van der Waals surface area contributed by atoms with Crippen molar-refractivity contribution in [3.8, 4) is 11.3 Å². The number of carbonyl (C=O) groups excluding carboxylic acids is 1. The number of nitrogens with zero attached hydrogens (tertiary/aromatic N) is 3. The standard InChI is InChI=1S/C22H18N4O6S2/c1-25(13-18-3-2-12-32-18)34(30,31)19-10-6-16(7-11-19)21(27)24-22-23-20(14-33-22)15-4-8-17(9-5-15)26(28)29/h2-12,14H,13H2,1H3,(H,23,24,27). The zero-order valence-electron chi connectivity index (χ0n) is 17.7. The summed E-state index contributed by atoms with van der Waals surface area (Å²) in [4.78, 5) is 27.3. The van der Waals surface area contributed by atoms with E-state index in [0.717, 1.165) is 4.31 Å². The Bertz CT molecular complexity index is 1410. The van der Waals surface area contributed by atoms with Crippen molar-refractivity contribution >= 4 is 38.1 Å². The molecule has 0 aliphatic heterocycles. The maximum Gasteiger partial charge on any atom is 0.269 e. The van der Waals surface area contributed by atoms with Crippen molar-refractivity contribution in [2.45, 2.75) is 11.4 Å². The topological polar surface area (TPSA) is 136 Å². The Morgan fingerprint density at radius 3 is 2.47 bits per heavy atom. The van der Waals surface area contributed by atoms with E-state index < -0.39 is 20.9 Å². The van der Waals surface area contributed by atoms with Crippen molar-refractivity contribution in [1.82, 2.24) is 9.29 Å². The van der Waals surface area contributed by atoms with Crippen LogP contribution in [0.25, 0.3) is 11.3 Å². The van der Waals surface area contributed by atoms with Crippen LogP contribution in [0.15, 0.2) is 81.6 Å². The van der Waals surface area contributed by atoms with Crippen molar-refractivity contribution in [1.29, 1.82) is 0 Å². The third kappa shape index (κ3) is 5.03. The molecule has 0 bridgehead atoms. The summed E-state index contributed by atoms with van der Waals surface area (Å²) >= 11 is 1.20. The van der Waals surface area contributed by atoms with Crippen LogP contribution in [-0.2, 0) is 16.6 Å². The van der Waals surface area contributed by atoms with Crippen LogP contribution in [0, 0.1) is 10.1 Å². The van der Waals surface area contributed by atoms with E-state index in [2.05, 4.69) is 10.3 Å². The monoisotopic (exact) mass is 498 g/mol. The molecule has 0 radical (unpaired) electrons. The van der Waals surface area contributed by atoms with E-state index in [-0.39, 0.29) is 22.7 Å². The van der Waals surface area contributed by atoms with Crippen LogP contribution in [0.1, 0.15) is 16.1 Å². The minimum atomic E-state index is -3.76. The number of sulfonamides is 1. The van der Waals surface area contributed by atoms with Crippen LogP contribution in [0.3, 0.4) is 0 Å². The molecule has 10 nitrogen and oxygen atoms in total. The van der Waals surface area contributed by atoms with Gasteiger partial charge < -0.3 is 4.42 Å². The van der Waals surface area contributed by atoms with E-state index in [1.165, 1.54) is 61.0 Å². The van der Waals surface area contributed by atoms with Crippen LogP contribution < -0.4 is 5.32 Å². The van der Waals surface area contributed by atoms with Gasteiger partial charge in [0.1, 0.15) is 5.76 Å². The van der Waals surface area contributed by atoms with Gasteiger partial charge >= 0.3 is 0 Å². The van der Waals surface area contributed by atoms with E-state index in [9.17, 15) is 23.3 Å². The van der Waals surface area contributed by atoms with E-state index in [4.69, 9.17) is 4.42 Å². The number of hydrogen-bond donors (Lipinski definition) is 1. The molecule has 1 N–H and O–H groups in total. The molecule has 4 rings (SSSR count). The second-order valence-electron chi connectivity index (χ2n) is 7.16. The van der Waals surface area contributed by atoms with E-state index in [0.29, 0.717) is 22.1 Å². The molecule has 0 spiro atoms. The molecular formula is C22H18N4O6S2. The Hall–Kier alpha value is -3.87. The number of thiazole rings is 1. The van der Waals surface area contributed by atoms with Crippen LogP contribution in [0.2, 0.25) is 0 Å². The minimum absolute atomic E-state index is 0.0230. The quantitative estimate of drug-likeness (QED) is 0.281. The zero-order chi connectivity index (χ0) is 24.3. The lowest BCUT2D eigenvalue weighted by atomic mass is 10.1. The van der Waals surface area contributed by atoms with E-state index in [1.54, 1.807) is 29.6 Å². The fourth-order valence-corrected chi connectivity index (χ4v) is 4.90. The number of nitro benzene ring substituents is 1. The van der Waals surface area contributed by atoms with Gasteiger partial charge in [-0.2, -0.15) is 4.31 Å². The highest BCUT2D eigenvalue weighted by Crippen LogP contribution is 2.27. The van der Waals surface area contributed by atoms with Gasteiger partial charge in [0.2, 0.25) is 10.0 Å². The number of nitro groups is 1. The van der Waals surface area contributed by atoms with Crippen LogP contribution in [0.4, 0.5) is 10.8 Å². The summed E-state index contributed by atoms with van der Waals surface area (Å²) in [5.41, 5.74) is 1.48. The molecule has 0 saturated carbocycles. The summed E-state index contributed by atoms with van der Waals surface area (Å²) in [6.45, 7) is 0.0821. The summed E-state index contributed by atoms with van der Waals surface area (Å²) in [5.74, 6) is 0.0658. The maximum atomic E-state index is 12.8. The van der Waals surface area contributed by atoms with Gasteiger partial charge in [-0.3, -0.25) is 20.2 Å². The third-order valence-electron chi connectivity index (χ3n) is 4.88. The number of nitrogens with one attached hydrogen (secondary N) is 1. The predicted octanol–water partition coefficient (Wildman–Crippen LogP) is 4.38. The molecule has 0 fully saturated rings. The van der Waals surface area contributed by atoms with Gasteiger partial charge in [-0.05, 0) is 48.5 Å². The summed E-state index contributed by atoms with van der Waals surface area (Å²) in [6, 6.07) is 14.9. The molecule has 34 heavy (non-hydrogen) atoms. The molecule has 0 saturated heterocycles. The SMILES string of the molecule is CN(Cc1ccco1)S(=O)(=O)c1ccc(C(=O)Nc2nc(-c3ccc([N+](=O)[O-])cc3)cs2)cc1. The lowest BCUT2D eigenvalue weighted by Crippen LogP contribution is -2.26. The normalized spacial score (nSPS) is 11.5. The van der Waals surface area contributed by atoms with Gasteiger partial charge in [-0.1, -0.05) is 0 Å². The first-order valence-electron chi connectivity index (χ1n) is 9.84. The Morgan fingerprint density at radius 2 is 1.85 bits per heavy atom. The average molecular weight is 499 g/mol. The van der Waals surface area contributed by atoms with Gasteiger partial charge in [-0.15, -0.1) is 11.3 Å². The first-order chi connectivity index (χ1) is 16.2.